The van der Waals surface area contributed by atoms with E-state index >= 15 is 0 Å². The minimum Gasteiger partial charge on any atom is -0.465 e. The number of benzene rings is 1. The average molecular weight is 296 g/mol. The van der Waals surface area contributed by atoms with Crippen molar-refractivity contribution in [3.05, 3.63) is 23.8 Å². The number of hydrogen-bond acceptors (Lipinski definition) is 6. The molecule has 6 heteroatoms. The highest BCUT2D eigenvalue weighted by Gasteiger charge is 2.13. The topological polar surface area (TPSA) is 74.0 Å². The Bertz CT molecular complexity index is 451. The molecule has 2 N–H and O–H groups in total. The fourth-order valence-corrected chi connectivity index (χ4v) is 2.04. The third-order valence-electron chi connectivity index (χ3n) is 3.13. The van der Waals surface area contributed by atoms with Crippen LogP contribution >= 0.6 is 0 Å². The molecule has 0 bridgehead atoms. The quantitative estimate of drug-likeness (QED) is 0.423. The Kier molecular flexibility index (Phi) is 7.56. The summed E-state index contributed by atoms with van der Waals surface area (Å²) in [6.07, 6.45) is 0.887. The van der Waals surface area contributed by atoms with Crippen LogP contribution in [-0.2, 0) is 14.2 Å². The first-order chi connectivity index (χ1) is 10.1. The van der Waals surface area contributed by atoms with E-state index in [9.17, 15) is 4.79 Å². The Morgan fingerprint density at radius 1 is 1.14 bits per heavy atom. The number of carbonyl (C=O) groups is 1. The Balaban J connectivity index is 2.87. The summed E-state index contributed by atoms with van der Waals surface area (Å²) in [5.41, 5.74) is 7.95. The zero-order valence-electron chi connectivity index (χ0n) is 12.9. The van der Waals surface area contributed by atoms with Gasteiger partial charge in [0.05, 0.1) is 30.7 Å². The van der Waals surface area contributed by atoms with Crippen LogP contribution in [0.1, 0.15) is 16.8 Å². The average Bonchev–Trinajstić information content (AvgIpc) is 2.50. The summed E-state index contributed by atoms with van der Waals surface area (Å²) in [5.74, 6) is -0.393. The first-order valence-corrected chi connectivity index (χ1v) is 6.84. The van der Waals surface area contributed by atoms with Crippen molar-refractivity contribution in [3.63, 3.8) is 0 Å². The lowest BCUT2D eigenvalue weighted by atomic mass is 10.1. The van der Waals surface area contributed by atoms with Gasteiger partial charge in [0.2, 0.25) is 0 Å². The molecule has 0 unspecified atom stereocenters. The van der Waals surface area contributed by atoms with Crippen LogP contribution in [0, 0.1) is 0 Å². The third-order valence-corrected chi connectivity index (χ3v) is 3.13. The molecule has 0 amide bonds. The van der Waals surface area contributed by atoms with Gasteiger partial charge in [0.1, 0.15) is 0 Å². The molecule has 1 aromatic rings. The second-order valence-electron chi connectivity index (χ2n) is 4.59. The summed E-state index contributed by atoms with van der Waals surface area (Å²) in [6, 6.07) is 5.19. The van der Waals surface area contributed by atoms with E-state index in [1.54, 1.807) is 26.4 Å². The zero-order chi connectivity index (χ0) is 15.7. The standard InChI is InChI=1S/C15H24N2O4/c1-19-9-4-7-17(8-10-20-2)14-6-5-12(11-13(14)16)15(18)21-3/h5-6,11H,4,7-10,16H2,1-3H3. The van der Waals surface area contributed by atoms with Gasteiger partial charge in [0.15, 0.2) is 0 Å². The summed E-state index contributed by atoms with van der Waals surface area (Å²) in [5, 5.41) is 0. The summed E-state index contributed by atoms with van der Waals surface area (Å²) in [6.45, 7) is 2.82. The van der Waals surface area contributed by atoms with Crippen molar-refractivity contribution in [1.29, 1.82) is 0 Å². The van der Waals surface area contributed by atoms with E-state index in [1.165, 1.54) is 7.11 Å². The maximum absolute atomic E-state index is 11.5. The predicted molar refractivity (Wildman–Crippen MR) is 82.8 cm³/mol. The van der Waals surface area contributed by atoms with E-state index in [2.05, 4.69) is 4.90 Å². The molecule has 0 aliphatic rings. The minimum absolute atomic E-state index is 0.393. The van der Waals surface area contributed by atoms with E-state index in [1.807, 2.05) is 6.07 Å². The van der Waals surface area contributed by atoms with Gasteiger partial charge in [-0.25, -0.2) is 4.79 Å². The van der Waals surface area contributed by atoms with Crippen molar-refractivity contribution in [2.75, 3.05) is 58.3 Å². The molecule has 118 valence electrons. The molecular weight excluding hydrogens is 272 g/mol. The van der Waals surface area contributed by atoms with Gasteiger partial charge in [-0.1, -0.05) is 0 Å². The van der Waals surface area contributed by atoms with Gasteiger partial charge in [0.25, 0.3) is 0 Å². The largest absolute Gasteiger partial charge is 0.465 e. The van der Waals surface area contributed by atoms with Crippen LogP contribution in [0.25, 0.3) is 0 Å². The van der Waals surface area contributed by atoms with E-state index < -0.39 is 5.97 Å². The number of hydrogen-bond donors (Lipinski definition) is 1. The van der Waals surface area contributed by atoms with Crippen LogP contribution in [0.15, 0.2) is 18.2 Å². The van der Waals surface area contributed by atoms with Gasteiger partial charge in [0, 0.05) is 33.9 Å². The van der Waals surface area contributed by atoms with Crippen LogP contribution in [0.2, 0.25) is 0 Å². The highest BCUT2D eigenvalue weighted by molar-refractivity contribution is 5.91. The van der Waals surface area contributed by atoms with Crippen molar-refractivity contribution in [3.8, 4) is 0 Å². The zero-order valence-corrected chi connectivity index (χ0v) is 12.9. The number of methoxy groups -OCH3 is 3. The summed E-state index contributed by atoms with van der Waals surface area (Å²) in [4.78, 5) is 13.6. The maximum Gasteiger partial charge on any atom is 0.337 e. The number of carbonyl (C=O) groups excluding carboxylic acids is 1. The first kappa shape index (κ1) is 17.3. The van der Waals surface area contributed by atoms with E-state index in [0.29, 0.717) is 24.5 Å². The fourth-order valence-electron chi connectivity index (χ4n) is 2.04. The highest BCUT2D eigenvalue weighted by Crippen LogP contribution is 2.25. The van der Waals surface area contributed by atoms with Crippen LogP contribution in [-0.4, -0.2) is 53.6 Å². The summed E-state index contributed by atoms with van der Waals surface area (Å²) < 4.78 is 14.9. The smallest absolute Gasteiger partial charge is 0.337 e. The Morgan fingerprint density at radius 3 is 2.43 bits per heavy atom. The predicted octanol–water partition coefficient (Wildman–Crippen LogP) is 1.54. The molecule has 0 radical (unpaired) electrons. The number of anilines is 2. The lowest BCUT2D eigenvalue weighted by Gasteiger charge is -2.26. The lowest BCUT2D eigenvalue weighted by molar-refractivity contribution is 0.0601. The van der Waals surface area contributed by atoms with Crippen LogP contribution in [0.3, 0.4) is 0 Å². The molecule has 0 atom stereocenters. The highest BCUT2D eigenvalue weighted by atomic mass is 16.5. The van der Waals surface area contributed by atoms with Crippen molar-refractivity contribution < 1.29 is 19.0 Å². The minimum atomic E-state index is -0.393. The number of rotatable bonds is 9. The van der Waals surface area contributed by atoms with E-state index in [-0.39, 0.29) is 0 Å². The summed E-state index contributed by atoms with van der Waals surface area (Å²) in [7, 11) is 4.69. The SMILES string of the molecule is COCCCN(CCOC)c1ccc(C(=O)OC)cc1N. The van der Waals surface area contributed by atoms with Crippen molar-refractivity contribution >= 4 is 17.3 Å². The van der Waals surface area contributed by atoms with Gasteiger partial charge >= 0.3 is 5.97 Å². The molecule has 0 aliphatic heterocycles. The second-order valence-corrected chi connectivity index (χ2v) is 4.59. The van der Waals surface area contributed by atoms with Crippen LogP contribution in [0.4, 0.5) is 11.4 Å². The first-order valence-electron chi connectivity index (χ1n) is 6.84. The van der Waals surface area contributed by atoms with E-state index in [0.717, 1.165) is 25.2 Å². The molecule has 21 heavy (non-hydrogen) atoms. The van der Waals surface area contributed by atoms with Gasteiger partial charge < -0.3 is 24.8 Å². The van der Waals surface area contributed by atoms with Gasteiger partial charge in [-0.3, -0.25) is 0 Å². The third kappa shape index (κ3) is 5.24. The fraction of sp³-hybridized carbons (Fsp3) is 0.533. The molecule has 6 nitrogen and oxygen atoms in total. The van der Waals surface area contributed by atoms with E-state index in [4.69, 9.17) is 19.9 Å². The molecule has 0 heterocycles. The van der Waals surface area contributed by atoms with Gasteiger partial charge in [-0.05, 0) is 24.6 Å². The Hall–Kier alpha value is -1.79. The molecule has 0 spiro atoms. The normalized spacial score (nSPS) is 10.4. The number of ether oxygens (including phenoxy) is 3. The Labute approximate surface area is 125 Å². The molecule has 0 aliphatic carbocycles. The summed E-state index contributed by atoms with van der Waals surface area (Å²) >= 11 is 0. The molecular formula is C15H24N2O4. The lowest BCUT2D eigenvalue weighted by Crippen LogP contribution is -2.29. The number of nitrogen functional groups attached to an aromatic ring is 1. The van der Waals surface area contributed by atoms with Crippen LogP contribution in [0.5, 0.6) is 0 Å². The van der Waals surface area contributed by atoms with Gasteiger partial charge in [-0.2, -0.15) is 0 Å². The van der Waals surface area contributed by atoms with Crippen molar-refractivity contribution in [2.24, 2.45) is 0 Å². The molecule has 0 saturated heterocycles. The van der Waals surface area contributed by atoms with Crippen molar-refractivity contribution in [1.82, 2.24) is 0 Å². The molecule has 1 aromatic carbocycles. The second kappa shape index (κ2) is 9.20. The molecule has 0 saturated carbocycles. The molecule has 0 aromatic heterocycles. The van der Waals surface area contributed by atoms with Gasteiger partial charge in [-0.15, -0.1) is 0 Å². The number of esters is 1. The molecule has 0 fully saturated rings. The number of nitrogens with zero attached hydrogens (tertiary/aromatic N) is 1. The number of nitrogens with two attached hydrogens (primary N) is 1. The van der Waals surface area contributed by atoms with Crippen molar-refractivity contribution in [2.45, 2.75) is 6.42 Å². The monoisotopic (exact) mass is 296 g/mol. The van der Waals surface area contributed by atoms with Crippen LogP contribution < -0.4 is 10.6 Å². The molecule has 1 rings (SSSR count). The maximum atomic E-state index is 11.5. The Morgan fingerprint density at radius 2 is 1.86 bits per heavy atom.